The van der Waals surface area contributed by atoms with Gasteiger partial charge in [0.25, 0.3) is 0 Å². The molecule has 1 N–H and O–H groups in total. The lowest BCUT2D eigenvalue weighted by Crippen LogP contribution is -2.43. The van der Waals surface area contributed by atoms with Crippen molar-refractivity contribution in [2.45, 2.75) is 6.92 Å². The normalized spacial score (nSPS) is 16.7. The van der Waals surface area contributed by atoms with Crippen LogP contribution in [0.3, 0.4) is 0 Å². The lowest BCUT2D eigenvalue weighted by Gasteiger charge is -2.30. The van der Waals surface area contributed by atoms with Gasteiger partial charge in [-0.2, -0.15) is 0 Å². The largest absolute Gasteiger partial charge is 0.462 e. The summed E-state index contributed by atoms with van der Waals surface area (Å²) < 4.78 is 19.4. The van der Waals surface area contributed by atoms with Crippen LogP contribution in [-0.4, -0.2) is 26.2 Å². The highest BCUT2D eigenvalue weighted by Gasteiger charge is 2.20. The van der Waals surface area contributed by atoms with Crippen LogP contribution in [0, 0.1) is 12.7 Å². The van der Waals surface area contributed by atoms with E-state index in [-0.39, 0.29) is 5.82 Å². The van der Waals surface area contributed by atoms with Crippen LogP contribution in [0.15, 0.2) is 22.8 Å². The first-order chi connectivity index (χ1) is 8.27. The number of benzene rings is 1. The van der Waals surface area contributed by atoms with E-state index in [1.807, 2.05) is 13.0 Å². The molecule has 0 aliphatic carbocycles. The van der Waals surface area contributed by atoms with E-state index in [4.69, 9.17) is 4.42 Å². The van der Waals surface area contributed by atoms with Gasteiger partial charge in [-0.1, -0.05) is 0 Å². The molecule has 0 bridgehead atoms. The van der Waals surface area contributed by atoms with Crippen molar-refractivity contribution in [3.8, 4) is 0 Å². The SMILES string of the molecule is Cc1c(F)cc2ccoc2c1N1CCNCC1. The monoisotopic (exact) mass is 234 g/mol. The highest BCUT2D eigenvalue weighted by molar-refractivity contribution is 5.91. The minimum absolute atomic E-state index is 0.160. The van der Waals surface area contributed by atoms with E-state index in [9.17, 15) is 4.39 Å². The van der Waals surface area contributed by atoms with Gasteiger partial charge in [0.2, 0.25) is 0 Å². The van der Waals surface area contributed by atoms with E-state index in [1.165, 1.54) is 0 Å². The molecule has 3 rings (SSSR count). The summed E-state index contributed by atoms with van der Waals surface area (Å²) in [4.78, 5) is 2.20. The molecule has 1 aromatic heterocycles. The molecular weight excluding hydrogens is 219 g/mol. The molecule has 2 aromatic rings. The molecule has 4 heteroatoms. The second-order valence-electron chi connectivity index (χ2n) is 4.41. The van der Waals surface area contributed by atoms with Crippen LogP contribution in [0.1, 0.15) is 5.56 Å². The zero-order valence-electron chi connectivity index (χ0n) is 9.79. The fourth-order valence-corrected chi connectivity index (χ4v) is 2.42. The smallest absolute Gasteiger partial charge is 0.157 e. The van der Waals surface area contributed by atoms with Crippen molar-refractivity contribution in [1.29, 1.82) is 0 Å². The van der Waals surface area contributed by atoms with Gasteiger partial charge in [-0.3, -0.25) is 0 Å². The molecule has 1 aliphatic heterocycles. The first-order valence-corrected chi connectivity index (χ1v) is 5.89. The van der Waals surface area contributed by atoms with Gasteiger partial charge in [0, 0.05) is 37.1 Å². The fourth-order valence-electron chi connectivity index (χ4n) is 2.42. The molecule has 0 saturated carbocycles. The Morgan fingerprint density at radius 1 is 1.35 bits per heavy atom. The molecule has 0 spiro atoms. The summed E-state index contributed by atoms with van der Waals surface area (Å²) >= 11 is 0. The second-order valence-corrected chi connectivity index (χ2v) is 4.41. The molecule has 2 heterocycles. The number of anilines is 1. The number of hydrogen-bond donors (Lipinski definition) is 1. The fraction of sp³-hybridized carbons (Fsp3) is 0.385. The third kappa shape index (κ3) is 1.69. The molecule has 3 nitrogen and oxygen atoms in total. The third-order valence-corrected chi connectivity index (χ3v) is 3.34. The minimum Gasteiger partial charge on any atom is -0.462 e. The Kier molecular flexibility index (Phi) is 2.52. The van der Waals surface area contributed by atoms with Crippen molar-refractivity contribution in [3.05, 3.63) is 29.8 Å². The first-order valence-electron chi connectivity index (χ1n) is 5.89. The molecule has 0 radical (unpaired) electrons. The van der Waals surface area contributed by atoms with E-state index < -0.39 is 0 Å². The van der Waals surface area contributed by atoms with Crippen molar-refractivity contribution in [2.24, 2.45) is 0 Å². The van der Waals surface area contributed by atoms with E-state index in [0.29, 0.717) is 5.56 Å². The van der Waals surface area contributed by atoms with E-state index in [1.54, 1.807) is 12.3 Å². The molecular formula is C13H15FN2O. The number of halogens is 1. The summed E-state index contributed by atoms with van der Waals surface area (Å²) in [5.74, 6) is -0.160. The maximum absolute atomic E-state index is 13.9. The Hall–Kier alpha value is -1.55. The summed E-state index contributed by atoms with van der Waals surface area (Å²) in [6.45, 7) is 5.45. The topological polar surface area (TPSA) is 28.4 Å². The zero-order chi connectivity index (χ0) is 11.8. The number of fused-ring (bicyclic) bond motifs is 1. The van der Waals surface area contributed by atoms with Gasteiger partial charge >= 0.3 is 0 Å². The van der Waals surface area contributed by atoms with E-state index in [0.717, 1.165) is 42.8 Å². The lowest BCUT2D eigenvalue weighted by atomic mass is 10.1. The second kappa shape index (κ2) is 4.04. The summed E-state index contributed by atoms with van der Waals surface area (Å²) in [7, 11) is 0. The highest BCUT2D eigenvalue weighted by atomic mass is 19.1. The van der Waals surface area contributed by atoms with Gasteiger partial charge in [0.1, 0.15) is 5.82 Å². The van der Waals surface area contributed by atoms with Crippen LogP contribution in [-0.2, 0) is 0 Å². The standard InChI is InChI=1S/C13H15FN2O/c1-9-11(14)8-10-2-7-17-13(10)12(9)16-5-3-15-4-6-16/h2,7-8,15H,3-6H2,1H3. The molecule has 1 aromatic carbocycles. The zero-order valence-corrected chi connectivity index (χ0v) is 9.79. The maximum atomic E-state index is 13.9. The van der Waals surface area contributed by atoms with Crippen LogP contribution >= 0.6 is 0 Å². The van der Waals surface area contributed by atoms with Crippen molar-refractivity contribution in [2.75, 3.05) is 31.1 Å². The van der Waals surface area contributed by atoms with Gasteiger partial charge < -0.3 is 14.6 Å². The molecule has 90 valence electrons. The Labute approximate surface area is 99.2 Å². The van der Waals surface area contributed by atoms with Crippen LogP contribution in [0.2, 0.25) is 0 Å². The number of rotatable bonds is 1. The van der Waals surface area contributed by atoms with Gasteiger partial charge in [-0.15, -0.1) is 0 Å². The Morgan fingerprint density at radius 2 is 2.12 bits per heavy atom. The van der Waals surface area contributed by atoms with E-state index >= 15 is 0 Å². The van der Waals surface area contributed by atoms with Gasteiger partial charge in [-0.25, -0.2) is 4.39 Å². The Balaban J connectivity index is 2.18. The highest BCUT2D eigenvalue weighted by Crippen LogP contribution is 2.33. The summed E-state index contributed by atoms with van der Waals surface area (Å²) in [5, 5.41) is 4.13. The summed E-state index contributed by atoms with van der Waals surface area (Å²) in [5.41, 5.74) is 2.38. The molecule has 1 aliphatic rings. The predicted octanol–water partition coefficient (Wildman–Crippen LogP) is 2.29. The first kappa shape index (κ1) is 10.6. The van der Waals surface area contributed by atoms with Gasteiger partial charge in [0.05, 0.1) is 12.0 Å². The number of nitrogens with one attached hydrogen (secondary N) is 1. The molecule has 17 heavy (non-hydrogen) atoms. The third-order valence-electron chi connectivity index (χ3n) is 3.34. The summed E-state index contributed by atoms with van der Waals surface area (Å²) in [6, 6.07) is 3.35. The van der Waals surface area contributed by atoms with Crippen molar-refractivity contribution < 1.29 is 8.81 Å². The Bertz CT molecular complexity index is 544. The van der Waals surface area contributed by atoms with Crippen LogP contribution in [0.5, 0.6) is 0 Å². The number of furan rings is 1. The van der Waals surface area contributed by atoms with Crippen molar-refractivity contribution in [1.82, 2.24) is 5.32 Å². The van der Waals surface area contributed by atoms with Gasteiger partial charge in [0.15, 0.2) is 5.58 Å². The van der Waals surface area contributed by atoms with Crippen LogP contribution in [0.25, 0.3) is 11.0 Å². The average Bonchev–Trinajstić information content (AvgIpc) is 2.79. The van der Waals surface area contributed by atoms with Crippen molar-refractivity contribution >= 4 is 16.7 Å². The quantitative estimate of drug-likeness (QED) is 0.820. The summed E-state index contributed by atoms with van der Waals surface area (Å²) in [6.07, 6.45) is 1.62. The predicted molar refractivity (Wildman–Crippen MR) is 66.0 cm³/mol. The number of piperazine rings is 1. The van der Waals surface area contributed by atoms with Crippen LogP contribution in [0.4, 0.5) is 10.1 Å². The van der Waals surface area contributed by atoms with Crippen molar-refractivity contribution in [3.63, 3.8) is 0 Å². The maximum Gasteiger partial charge on any atom is 0.157 e. The molecule has 1 fully saturated rings. The molecule has 0 atom stereocenters. The lowest BCUT2D eigenvalue weighted by molar-refractivity contribution is 0.571. The van der Waals surface area contributed by atoms with Gasteiger partial charge in [-0.05, 0) is 19.1 Å². The minimum atomic E-state index is -0.160. The van der Waals surface area contributed by atoms with Crippen LogP contribution < -0.4 is 10.2 Å². The number of hydrogen-bond acceptors (Lipinski definition) is 3. The van der Waals surface area contributed by atoms with E-state index in [2.05, 4.69) is 10.2 Å². The number of nitrogens with zero attached hydrogens (tertiary/aromatic N) is 1. The average molecular weight is 234 g/mol. The molecule has 0 amide bonds. The molecule has 0 unspecified atom stereocenters. The molecule has 1 saturated heterocycles. The Morgan fingerprint density at radius 3 is 2.88 bits per heavy atom.